The number of aromatic nitrogens is 1. The van der Waals surface area contributed by atoms with E-state index >= 15 is 0 Å². The van der Waals surface area contributed by atoms with Gasteiger partial charge in [0.25, 0.3) is 0 Å². The Bertz CT molecular complexity index is 532. The number of anilines is 1. The molecule has 0 saturated carbocycles. The third-order valence-electron chi connectivity index (χ3n) is 2.16. The van der Waals surface area contributed by atoms with Gasteiger partial charge in [0, 0.05) is 0 Å². The zero-order chi connectivity index (χ0) is 12.8. The quantitative estimate of drug-likeness (QED) is 0.862. The van der Waals surface area contributed by atoms with Gasteiger partial charge in [0.15, 0.2) is 0 Å². The highest BCUT2D eigenvalue weighted by molar-refractivity contribution is 6.29. The molecule has 0 spiro atoms. The Balaban J connectivity index is 1.86. The summed E-state index contributed by atoms with van der Waals surface area (Å²) in [4.78, 5) is 15.4. The van der Waals surface area contributed by atoms with Crippen LogP contribution in [-0.2, 0) is 11.3 Å². The van der Waals surface area contributed by atoms with E-state index in [2.05, 4.69) is 10.3 Å². The molecule has 92 valence electrons. The van der Waals surface area contributed by atoms with Gasteiger partial charge in [-0.1, -0.05) is 48.0 Å². The van der Waals surface area contributed by atoms with E-state index in [1.54, 1.807) is 18.2 Å². The largest absolute Gasteiger partial charge is 0.444 e. The average molecular weight is 263 g/mol. The molecule has 5 heteroatoms. The number of nitrogens with zero attached hydrogens (tertiary/aromatic N) is 1. The molecule has 1 aromatic carbocycles. The molecule has 0 atom stereocenters. The first-order valence-corrected chi connectivity index (χ1v) is 5.72. The Hall–Kier alpha value is -2.07. The Morgan fingerprint density at radius 1 is 1.17 bits per heavy atom. The third kappa shape index (κ3) is 3.75. The van der Waals surface area contributed by atoms with E-state index < -0.39 is 6.09 Å². The minimum absolute atomic E-state index is 0.216. The molecular weight excluding hydrogens is 252 g/mol. The summed E-state index contributed by atoms with van der Waals surface area (Å²) in [5.41, 5.74) is 0.923. The van der Waals surface area contributed by atoms with Crippen LogP contribution in [-0.4, -0.2) is 11.1 Å². The van der Waals surface area contributed by atoms with Gasteiger partial charge in [0.05, 0.1) is 0 Å². The van der Waals surface area contributed by atoms with E-state index in [0.29, 0.717) is 11.0 Å². The van der Waals surface area contributed by atoms with Crippen LogP contribution >= 0.6 is 11.6 Å². The highest BCUT2D eigenvalue weighted by atomic mass is 35.5. The standard InChI is InChI=1S/C13H11ClN2O2/c14-11-7-4-8-12(15-11)16-13(17)18-9-10-5-2-1-3-6-10/h1-8H,9H2,(H,15,16,17). The maximum absolute atomic E-state index is 11.5. The van der Waals surface area contributed by atoms with Crippen LogP contribution in [0.2, 0.25) is 5.15 Å². The average Bonchev–Trinajstić information content (AvgIpc) is 2.38. The summed E-state index contributed by atoms with van der Waals surface area (Å²) in [5.74, 6) is 0.362. The number of carbonyl (C=O) groups is 1. The van der Waals surface area contributed by atoms with Crippen molar-refractivity contribution in [2.75, 3.05) is 5.32 Å². The van der Waals surface area contributed by atoms with Gasteiger partial charge >= 0.3 is 6.09 Å². The Morgan fingerprint density at radius 2 is 1.94 bits per heavy atom. The third-order valence-corrected chi connectivity index (χ3v) is 2.37. The lowest BCUT2D eigenvalue weighted by Crippen LogP contribution is -2.14. The van der Waals surface area contributed by atoms with Crippen LogP contribution in [0.3, 0.4) is 0 Å². The second-order valence-corrected chi connectivity index (χ2v) is 3.92. The first kappa shape index (κ1) is 12.4. The molecule has 0 unspecified atom stereocenters. The molecule has 0 aliphatic rings. The lowest BCUT2D eigenvalue weighted by atomic mass is 10.2. The van der Waals surface area contributed by atoms with Crippen molar-refractivity contribution in [1.82, 2.24) is 4.98 Å². The molecule has 1 aromatic heterocycles. The van der Waals surface area contributed by atoms with E-state index in [4.69, 9.17) is 16.3 Å². The van der Waals surface area contributed by atoms with Crippen molar-refractivity contribution in [2.45, 2.75) is 6.61 Å². The van der Waals surface area contributed by atoms with Crippen LogP contribution in [0.1, 0.15) is 5.56 Å². The van der Waals surface area contributed by atoms with E-state index in [1.165, 1.54) is 0 Å². The van der Waals surface area contributed by atoms with Gasteiger partial charge in [0.1, 0.15) is 17.6 Å². The Morgan fingerprint density at radius 3 is 2.67 bits per heavy atom. The second-order valence-electron chi connectivity index (χ2n) is 3.53. The number of hydrogen-bond donors (Lipinski definition) is 1. The molecule has 4 nitrogen and oxygen atoms in total. The Kier molecular flexibility index (Phi) is 4.15. The van der Waals surface area contributed by atoms with Crippen LogP contribution in [0.15, 0.2) is 48.5 Å². The molecule has 1 N–H and O–H groups in total. The highest BCUT2D eigenvalue weighted by Gasteiger charge is 2.04. The lowest BCUT2D eigenvalue weighted by Gasteiger charge is -2.06. The fourth-order valence-corrected chi connectivity index (χ4v) is 1.51. The number of rotatable bonds is 3. The number of ether oxygens (including phenoxy) is 1. The Labute approximate surface area is 110 Å². The first-order valence-electron chi connectivity index (χ1n) is 5.34. The molecule has 1 heterocycles. The van der Waals surface area contributed by atoms with Crippen molar-refractivity contribution < 1.29 is 9.53 Å². The minimum Gasteiger partial charge on any atom is -0.444 e. The summed E-state index contributed by atoms with van der Waals surface area (Å²) < 4.78 is 5.04. The maximum atomic E-state index is 11.5. The molecule has 2 rings (SSSR count). The molecule has 0 aliphatic heterocycles. The van der Waals surface area contributed by atoms with Crippen molar-refractivity contribution in [3.63, 3.8) is 0 Å². The van der Waals surface area contributed by atoms with Crippen molar-refractivity contribution in [2.24, 2.45) is 0 Å². The number of amides is 1. The molecule has 1 amide bonds. The number of benzene rings is 1. The molecule has 18 heavy (non-hydrogen) atoms. The summed E-state index contributed by atoms with van der Waals surface area (Å²) in [6.07, 6.45) is -0.561. The van der Waals surface area contributed by atoms with Crippen molar-refractivity contribution in [3.8, 4) is 0 Å². The summed E-state index contributed by atoms with van der Waals surface area (Å²) in [6.45, 7) is 0.216. The van der Waals surface area contributed by atoms with Crippen LogP contribution in [0.25, 0.3) is 0 Å². The van der Waals surface area contributed by atoms with Gasteiger partial charge in [-0.3, -0.25) is 5.32 Å². The predicted molar refractivity (Wildman–Crippen MR) is 69.5 cm³/mol. The zero-order valence-electron chi connectivity index (χ0n) is 9.47. The van der Waals surface area contributed by atoms with Gasteiger partial charge in [-0.05, 0) is 17.7 Å². The molecule has 0 fully saturated rings. The summed E-state index contributed by atoms with van der Waals surface area (Å²) in [7, 11) is 0. The van der Waals surface area contributed by atoms with E-state index in [-0.39, 0.29) is 6.61 Å². The molecule has 0 saturated heterocycles. The summed E-state index contributed by atoms with van der Waals surface area (Å²) >= 11 is 5.70. The monoisotopic (exact) mass is 262 g/mol. The zero-order valence-corrected chi connectivity index (χ0v) is 10.2. The smallest absolute Gasteiger partial charge is 0.413 e. The van der Waals surface area contributed by atoms with Crippen LogP contribution in [0.5, 0.6) is 0 Å². The van der Waals surface area contributed by atoms with E-state index in [1.807, 2.05) is 30.3 Å². The number of halogens is 1. The molecule has 0 bridgehead atoms. The van der Waals surface area contributed by atoms with Gasteiger partial charge in [-0.2, -0.15) is 0 Å². The maximum Gasteiger partial charge on any atom is 0.413 e. The minimum atomic E-state index is -0.561. The molecule has 0 radical (unpaired) electrons. The van der Waals surface area contributed by atoms with Crippen LogP contribution in [0.4, 0.5) is 10.6 Å². The fourth-order valence-electron chi connectivity index (χ4n) is 1.34. The topological polar surface area (TPSA) is 51.2 Å². The summed E-state index contributed by atoms with van der Waals surface area (Å²) in [6, 6.07) is 14.4. The van der Waals surface area contributed by atoms with Crippen molar-refractivity contribution >= 4 is 23.5 Å². The number of carbonyl (C=O) groups excluding carboxylic acids is 1. The van der Waals surface area contributed by atoms with E-state index in [9.17, 15) is 4.79 Å². The molecule has 2 aromatic rings. The second kappa shape index (κ2) is 6.02. The lowest BCUT2D eigenvalue weighted by molar-refractivity contribution is 0.155. The fraction of sp³-hybridized carbons (Fsp3) is 0.0769. The first-order chi connectivity index (χ1) is 8.74. The number of pyridine rings is 1. The predicted octanol–water partition coefficient (Wildman–Crippen LogP) is 3.48. The van der Waals surface area contributed by atoms with E-state index in [0.717, 1.165) is 5.56 Å². The summed E-state index contributed by atoms with van der Waals surface area (Å²) in [5, 5.41) is 2.81. The SMILES string of the molecule is O=C(Nc1cccc(Cl)n1)OCc1ccccc1. The number of nitrogens with one attached hydrogen (secondary N) is 1. The molecule has 0 aliphatic carbocycles. The van der Waals surface area contributed by atoms with Crippen molar-refractivity contribution in [3.05, 3.63) is 59.2 Å². The van der Waals surface area contributed by atoms with Gasteiger partial charge in [-0.25, -0.2) is 9.78 Å². The van der Waals surface area contributed by atoms with Crippen LogP contribution in [0, 0.1) is 0 Å². The molecular formula is C13H11ClN2O2. The number of hydrogen-bond acceptors (Lipinski definition) is 3. The van der Waals surface area contributed by atoms with Gasteiger partial charge in [0.2, 0.25) is 0 Å². The van der Waals surface area contributed by atoms with Gasteiger partial charge in [-0.15, -0.1) is 0 Å². The highest BCUT2D eigenvalue weighted by Crippen LogP contribution is 2.09. The normalized spacial score (nSPS) is 9.83. The van der Waals surface area contributed by atoms with Crippen molar-refractivity contribution in [1.29, 1.82) is 0 Å². The van der Waals surface area contributed by atoms with Crippen LogP contribution < -0.4 is 5.32 Å². The van der Waals surface area contributed by atoms with Gasteiger partial charge < -0.3 is 4.74 Å².